The molecule has 0 amide bonds. The molecule has 5 heteroatoms. The van der Waals surface area contributed by atoms with Crippen LogP contribution in [-0.4, -0.2) is 16.6 Å². The van der Waals surface area contributed by atoms with Crippen molar-refractivity contribution in [3.05, 3.63) is 86.0 Å². The fourth-order valence-corrected chi connectivity index (χ4v) is 7.27. The number of nitrogens with one attached hydrogen (secondary N) is 1. The minimum Gasteiger partial charge on any atom is -0.480 e. The van der Waals surface area contributed by atoms with Crippen LogP contribution in [0.2, 0.25) is 0 Å². The predicted octanol–water partition coefficient (Wildman–Crippen LogP) is 6.91. The van der Waals surface area contributed by atoms with Gasteiger partial charge in [-0.05, 0) is 80.5 Å². The lowest BCUT2D eigenvalue weighted by Crippen LogP contribution is -2.52. The smallest absolute Gasteiger partial charge is 0.329 e. The van der Waals surface area contributed by atoms with Gasteiger partial charge in [-0.2, -0.15) is 0 Å². The molecule has 1 fully saturated rings. The molecule has 1 saturated carbocycles. The van der Waals surface area contributed by atoms with E-state index in [1.165, 1.54) is 20.9 Å². The molecule has 1 atom stereocenters. The molecule has 2 aromatic carbocycles. The third-order valence-electron chi connectivity index (χ3n) is 7.36. The maximum atomic E-state index is 12.5. The minimum absolute atomic E-state index is 0.0196. The molecule has 0 saturated heterocycles. The van der Waals surface area contributed by atoms with E-state index in [2.05, 4.69) is 64.6 Å². The van der Waals surface area contributed by atoms with Crippen molar-refractivity contribution < 1.29 is 9.90 Å². The van der Waals surface area contributed by atoms with E-state index in [9.17, 15) is 9.90 Å². The summed E-state index contributed by atoms with van der Waals surface area (Å²) in [5.41, 5.74) is 2.81. The number of carboxylic acid groups (broad SMARTS) is 1. The van der Waals surface area contributed by atoms with E-state index < -0.39 is 11.5 Å². The van der Waals surface area contributed by atoms with Crippen LogP contribution in [-0.2, 0) is 16.6 Å². The van der Waals surface area contributed by atoms with Crippen molar-refractivity contribution in [3.63, 3.8) is 0 Å². The Morgan fingerprint density at radius 3 is 2.52 bits per heavy atom. The van der Waals surface area contributed by atoms with Gasteiger partial charge in [-0.3, -0.25) is 0 Å². The van der Waals surface area contributed by atoms with Crippen LogP contribution in [0.15, 0.2) is 65.1 Å². The maximum Gasteiger partial charge on any atom is 0.329 e. The van der Waals surface area contributed by atoms with Crippen LogP contribution in [0.25, 0.3) is 0 Å². The zero-order valence-electron chi connectivity index (χ0n) is 17.5. The number of carbonyl (C=O) groups is 1. The van der Waals surface area contributed by atoms with Gasteiger partial charge in [0.25, 0.3) is 0 Å². The van der Waals surface area contributed by atoms with Crippen LogP contribution >= 0.6 is 27.3 Å². The molecule has 1 unspecified atom stereocenters. The van der Waals surface area contributed by atoms with Gasteiger partial charge in [-0.15, -0.1) is 11.3 Å². The van der Waals surface area contributed by atoms with E-state index in [0.29, 0.717) is 18.8 Å². The second kappa shape index (κ2) is 7.79. The number of carboxylic acids is 1. The molecule has 3 aromatic rings. The predicted molar refractivity (Wildman–Crippen MR) is 130 cm³/mol. The number of hydrogen-bond donors (Lipinski definition) is 2. The number of rotatable bonds is 4. The Morgan fingerprint density at radius 1 is 1.06 bits per heavy atom. The van der Waals surface area contributed by atoms with Crippen LogP contribution in [0.5, 0.6) is 0 Å². The number of anilines is 1. The molecule has 2 aliphatic carbocycles. The first-order valence-electron chi connectivity index (χ1n) is 10.8. The Labute approximate surface area is 195 Å². The van der Waals surface area contributed by atoms with Crippen molar-refractivity contribution in [2.45, 2.75) is 55.9 Å². The van der Waals surface area contributed by atoms with Gasteiger partial charge in [0.2, 0.25) is 0 Å². The first-order chi connectivity index (χ1) is 14.9. The van der Waals surface area contributed by atoms with Gasteiger partial charge in [-0.25, -0.2) is 4.79 Å². The highest BCUT2D eigenvalue weighted by Crippen LogP contribution is 2.58. The fourth-order valence-electron chi connectivity index (χ4n) is 5.78. The lowest BCUT2D eigenvalue weighted by molar-refractivity contribution is -0.144. The second-order valence-electron chi connectivity index (χ2n) is 9.04. The first kappa shape index (κ1) is 20.8. The minimum atomic E-state index is -0.931. The Balaban J connectivity index is 1.50. The summed E-state index contributed by atoms with van der Waals surface area (Å²) in [5, 5.41) is 13.7. The van der Waals surface area contributed by atoms with Crippen LogP contribution in [0.3, 0.4) is 0 Å². The molecule has 0 radical (unpaired) electrons. The molecule has 2 N–H and O–H groups in total. The van der Waals surface area contributed by atoms with Gasteiger partial charge in [0.05, 0.1) is 0 Å². The number of aryl methyl sites for hydroxylation is 1. The molecule has 1 heterocycles. The number of thiophene rings is 1. The van der Waals surface area contributed by atoms with Crippen molar-refractivity contribution >= 4 is 38.9 Å². The Bertz CT molecular complexity index is 1130. The largest absolute Gasteiger partial charge is 0.480 e. The molecule has 1 spiro atoms. The molecule has 5 rings (SSSR count). The van der Waals surface area contributed by atoms with E-state index >= 15 is 0 Å². The number of benzene rings is 2. The summed E-state index contributed by atoms with van der Waals surface area (Å²) in [6.45, 7) is 2.17. The highest BCUT2D eigenvalue weighted by Gasteiger charge is 2.54. The topological polar surface area (TPSA) is 49.3 Å². The van der Waals surface area contributed by atoms with Crippen LogP contribution < -0.4 is 5.32 Å². The van der Waals surface area contributed by atoms with Crippen molar-refractivity contribution in [3.8, 4) is 0 Å². The summed E-state index contributed by atoms with van der Waals surface area (Å²) in [6, 6.07) is 21.1. The third-order valence-corrected chi connectivity index (χ3v) is 8.97. The summed E-state index contributed by atoms with van der Waals surface area (Å²) in [4.78, 5) is 15.3. The molecule has 3 nitrogen and oxygen atoms in total. The first-order valence-corrected chi connectivity index (χ1v) is 12.4. The summed E-state index contributed by atoms with van der Waals surface area (Å²) in [7, 11) is 0. The summed E-state index contributed by atoms with van der Waals surface area (Å²) < 4.78 is 0.947. The van der Waals surface area contributed by atoms with E-state index in [1.54, 1.807) is 0 Å². The zero-order valence-corrected chi connectivity index (χ0v) is 19.9. The summed E-state index contributed by atoms with van der Waals surface area (Å²) in [6.07, 6.45) is 4.03. The third kappa shape index (κ3) is 3.52. The molecule has 1 aromatic heterocycles. The fraction of sp³-hybridized carbons (Fsp3) is 0.346. The number of hydrogen-bond acceptors (Lipinski definition) is 3. The lowest BCUT2D eigenvalue weighted by Gasteiger charge is -2.46. The Kier molecular flexibility index (Phi) is 5.22. The number of halogens is 1. The molecule has 2 aliphatic rings. The van der Waals surface area contributed by atoms with Crippen molar-refractivity contribution in [1.82, 2.24) is 0 Å². The number of fused-ring (bicyclic) bond motifs is 2. The van der Waals surface area contributed by atoms with Crippen molar-refractivity contribution in [1.29, 1.82) is 0 Å². The normalized spacial score (nSPS) is 27.2. The summed E-state index contributed by atoms with van der Waals surface area (Å²) >= 11 is 5.39. The molecule has 31 heavy (non-hydrogen) atoms. The highest BCUT2D eigenvalue weighted by atomic mass is 79.9. The van der Waals surface area contributed by atoms with Gasteiger partial charge in [-0.1, -0.05) is 46.3 Å². The summed E-state index contributed by atoms with van der Waals surface area (Å²) in [5.74, 6) is -0.321. The maximum absolute atomic E-state index is 12.5. The molecule has 0 bridgehead atoms. The van der Waals surface area contributed by atoms with Crippen LogP contribution in [0, 0.1) is 6.92 Å². The molecular weight excluding hydrogens is 470 g/mol. The number of aliphatic carboxylic acids is 1. The lowest BCUT2D eigenvalue weighted by atomic mass is 9.60. The van der Waals surface area contributed by atoms with Crippen molar-refractivity contribution in [2.24, 2.45) is 0 Å². The average Bonchev–Trinajstić information content (AvgIpc) is 3.32. The van der Waals surface area contributed by atoms with E-state index in [-0.39, 0.29) is 5.41 Å². The average molecular weight is 496 g/mol. The van der Waals surface area contributed by atoms with Gasteiger partial charge in [0.15, 0.2) is 0 Å². The van der Waals surface area contributed by atoms with Crippen molar-refractivity contribution in [2.75, 3.05) is 5.32 Å². The Morgan fingerprint density at radius 2 is 1.84 bits per heavy atom. The van der Waals surface area contributed by atoms with Gasteiger partial charge in [0.1, 0.15) is 5.54 Å². The van der Waals surface area contributed by atoms with Crippen LogP contribution in [0.4, 0.5) is 5.69 Å². The molecule has 0 aliphatic heterocycles. The van der Waals surface area contributed by atoms with Gasteiger partial charge >= 0.3 is 5.97 Å². The quantitative estimate of drug-likeness (QED) is 0.413. The molecule has 160 valence electrons. The van der Waals surface area contributed by atoms with E-state index in [0.717, 1.165) is 29.4 Å². The van der Waals surface area contributed by atoms with Gasteiger partial charge in [0, 0.05) is 31.2 Å². The van der Waals surface area contributed by atoms with E-state index in [4.69, 9.17) is 0 Å². The monoisotopic (exact) mass is 495 g/mol. The molecular formula is C26H26BrNO2S. The standard InChI is InChI=1S/C26H26BrNO2S/c1-17-9-10-23(31-17)22-15-18-5-2-3-8-21(18)25(22)11-13-26(14-12-25,24(29)30)28-20-7-4-6-19(27)16-20/h2-10,16,22,28H,11-15H2,1H3,(H,29,30). The van der Waals surface area contributed by atoms with Gasteiger partial charge < -0.3 is 10.4 Å². The highest BCUT2D eigenvalue weighted by molar-refractivity contribution is 9.10. The Hall–Kier alpha value is -2.11. The SMILES string of the molecule is Cc1ccc(C2Cc3ccccc3C23CCC(Nc2cccc(Br)c2)(C(=O)O)CC3)s1. The second-order valence-corrected chi connectivity index (χ2v) is 11.3. The van der Waals surface area contributed by atoms with E-state index in [1.807, 2.05) is 35.6 Å². The van der Waals surface area contributed by atoms with Crippen LogP contribution in [0.1, 0.15) is 52.5 Å². The zero-order chi connectivity index (χ0) is 21.6.